The molecule has 27 heavy (non-hydrogen) atoms. The molecule has 7 heteroatoms. The van der Waals surface area contributed by atoms with E-state index in [9.17, 15) is 9.18 Å². The molecule has 2 N–H and O–H groups in total. The predicted octanol–water partition coefficient (Wildman–Crippen LogP) is 3.45. The van der Waals surface area contributed by atoms with Gasteiger partial charge in [0.2, 0.25) is 0 Å². The smallest absolute Gasteiger partial charge is 0.399 e. The van der Waals surface area contributed by atoms with Crippen molar-refractivity contribution in [2.75, 3.05) is 5.32 Å². The average Bonchev–Trinajstić information content (AvgIpc) is 2.81. The number of anilines is 1. The molecule has 1 aliphatic heterocycles. The van der Waals surface area contributed by atoms with Gasteiger partial charge in [-0.15, -0.1) is 0 Å². The lowest BCUT2D eigenvalue weighted by Crippen LogP contribution is -2.41. The molecule has 0 aliphatic carbocycles. The van der Waals surface area contributed by atoms with Gasteiger partial charge in [0.05, 0.1) is 11.2 Å². The number of carbonyl (C=O) groups excluding carboxylic acids is 1. The molecule has 1 aliphatic rings. The standard InChI is InChI=1S/C20H24BFN2O3/c1-19(2)20(3,4)27-21(26-19)16-11-10-15(12-17(16)22)24-18(25)23-13-14-8-6-5-7-9-14/h5-12H,13H2,1-4H3,(H2,23,24,25). The summed E-state index contributed by atoms with van der Waals surface area (Å²) in [6, 6.07) is 13.6. The lowest BCUT2D eigenvalue weighted by molar-refractivity contribution is 0.00578. The van der Waals surface area contributed by atoms with E-state index in [2.05, 4.69) is 10.6 Å². The summed E-state index contributed by atoms with van der Waals surface area (Å²) in [6.45, 7) is 8.05. The second-order valence-electron chi connectivity index (χ2n) is 7.62. The summed E-state index contributed by atoms with van der Waals surface area (Å²) in [7, 11) is -0.782. The zero-order valence-electron chi connectivity index (χ0n) is 16.0. The molecule has 0 saturated carbocycles. The van der Waals surface area contributed by atoms with Crippen LogP contribution in [0, 0.1) is 5.82 Å². The molecule has 0 spiro atoms. The van der Waals surface area contributed by atoms with E-state index in [1.54, 1.807) is 12.1 Å². The Morgan fingerprint density at radius 2 is 1.67 bits per heavy atom. The van der Waals surface area contributed by atoms with Crippen LogP contribution in [0.15, 0.2) is 48.5 Å². The van der Waals surface area contributed by atoms with Crippen LogP contribution in [-0.2, 0) is 15.9 Å². The van der Waals surface area contributed by atoms with E-state index in [0.717, 1.165) is 5.56 Å². The van der Waals surface area contributed by atoms with Crippen molar-refractivity contribution in [2.45, 2.75) is 45.4 Å². The van der Waals surface area contributed by atoms with Crippen LogP contribution in [0.25, 0.3) is 0 Å². The molecule has 3 rings (SSSR count). The number of urea groups is 1. The Bertz CT molecular complexity index is 811. The Hall–Kier alpha value is -2.38. The fraction of sp³-hybridized carbons (Fsp3) is 0.350. The van der Waals surface area contributed by atoms with Crippen molar-refractivity contribution in [3.05, 3.63) is 59.9 Å². The number of rotatable bonds is 4. The summed E-state index contributed by atoms with van der Waals surface area (Å²) < 4.78 is 26.3. The van der Waals surface area contributed by atoms with Gasteiger partial charge in [-0.1, -0.05) is 36.4 Å². The predicted molar refractivity (Wildman–Crippen MR) is 104 cm³/mol. The maximum atomic E-state index is 14.6. The SMILES string of the molecule is CC1(C)OB(c2ccc(NC(=O)NCc3ccccc3)cc2F)OC1(C)C. The number of nitrogens with one attached hydrogen (secondary N) is 2. The molecule has 5 nitrogen and oxygen atoms in total. The summed E-state index contributed by atoms with van der Waals surface area (Å²) >= 11 is 0. The molecule has 0 unspecified atom stereocenters. The second kappa shape index (κ2) is 7.33. The maximum Gasteiger partial charge on any atom is 0.497 e. The van der Waals surface area contributed by atoms with Crippen LogP contribution in [0.5, 0.6) is 0 Å². The first-order valence-electron chi connectivity index (χ1n) is 8.92. The van der Waals surface area contributed by atoms with Crippen molar-refractivity contribution in [1.82, 2.24) is 5.32 Å². The molecule has 0 bridgehead atoms. The summed E-state index contributed by atoms with van der Waals surface area (Å²) in [4.78, 5) is 12.0. The average molecular weight is 370 g/mol. The molecule has 2 aromatic rings. The molecule has 1 fully saturated rings. The van der Waals surface area contributed by atoms with Crippen LogP contribution in [-0.4, -0.2) is 24.4 Å². The fourth-order valence-electron chi connectivity index (χ4n) is 2.72. The number of carbonyl (C=O) groups is 1. The topological polar surface area (TPSA) is 59.6 Å². The van der Waals surface area contributed by atoms with E-state index in [1.807, 2.05) is 58.0 Å². The number of hydrogen-bond donors (Lipinski definition) is 2. The van der Waals surface area contributed by atoms with Crippen molar-refractivity contribution >= 4 is 24.3 Å². The van der Waals surface area contributed by atoms with Crippen LogP contribution in [0.1, 0.15) is 33.3 Å². The third-order valence-corrected chi connectivity index (χ3v) is 5.06. The van der Waals surface area contributed by atoms with Gasteiger partial charge >= 0.3 is 13.1 Å². The third-order valence-electron chi connectivity index (χ3n) is 5.06. The zero-order valence-corrected chi connectivity index (χ0v) is 16.0. The monoisotopic (exact) mass is 370 g/mol. The van der Waals surface area contributed by atoms with E-state index in [-0.39, 0.29) is 0 Å². The van der Waals surface area contributed by atoms with Crippen LogP contribution in [0.4, 0.5) is 14.9 Å². The number of benzene rings is 2. The number of hydrogen-bond acceptors (Lipinski definition) is 3. The van der Waals surface area contributed by atoms with Crippen LogP contribution < -0.4 is 16.1 Å². The molecule has 0 radical (unpaired) electrons. The summed E-state index contributed by atoms with van der Waals surface area (Å²) in [5.74, 6) is -0.491. The van der Waals surface area contributed by atoms with Gasteiger partial charge in [-0.3, -0.25) is 0 Å². The number of amides is 2. The minimum Gasteiger partial charge on any atom is -0.399 e. The molecule has 0 aromatic heterocycles. The van der Waals surface area contributed by atoms with Crippen LogP contribution in [0.2, 0.25) is 0 Å². The van der Waals surface area contributed by atoms with E-state index >= 15 is 0 Å². The molecule has 2 amide bonds. The molecule has 1 saturated heterocycles. The highest BCUT2D eigenvalue weighted by Gasteiger charge is 2.52. The quantitative estimate of drug-likeness (QED) is 0.811. The normalized spacial score (nSPS) is 17.6. The molecule has 142 valence electrons. The Balaban J connectivity index is 1.62. The van der Waals surface area contributed by atoms with Gasteiger partial charge in [-0.2, -0.15) is 0 Å². The first kappa shape index (κ1) is 19.4. The molecular formula is C20H24BFN2O3. The van der Waals surface area contributed by atoms with Crippen molar-refractivity contribution in [1.29, 1.82) is 0 Å². The maximum absolute atomic E-state index is 14.6. The van der Waals surface area contributed by atoms with Gasteiger partial charge in [0.15, 0.2) is 0 Å². The molecular weight excluding hydrogens is 346 g/mol. The Morgan fingerprint density at radius 3 is 2.26 bits per heavy atom. The summed E-state index contributed by atoms with van der Waals surface area (Å²) in [6.07, 6.45) is 0. The zero-order chi connectivity index (χ0) is 19.7. The van der Waals surface area contributed by atoms with Gasteiger partial charge in [0.25, 0.3) is 0 Å². The summed E-state index contributed by atoms with van der Waals surface area (Å²) in [5, 5.41) is 5.37. The lowest BCUT2D eigenvalue weighted by Gasteiger charge is -2.32. The summed E-state index contributed by atoms with van der Waals surface area (Å²) in [5.41, 5.74) is 0.564. The first-order chi connectivity index (χ1) is 12.7. The van der Waals surface area contributed by atoms with Gasteiger partial charge in [-0.25, -0.2) is 9.18 Å². The van der Waals surface area contributed by atoms with Gasteiger partial charge in [-0.05, 0) is 45.4 Å². The van der Waals surface area contributed by atoms with Crippen molar-refractivity contribution < 1.29 is 18.5 Å². The first-order valence-corrected chi connectivity index (χ1v) is 8.92. The molecule has 2 aromatic carbocycles. The van der Waals surface area contributed by atoms with Crippen molar-refractivity contribution in [3.8, 4) is 0 Å². The van der Waals surface area contributed by atoms with Crippen molar-refractivity contribution in [2.24, 2.45) is 0 Å². The Kier molecular flexibility index (Phi) is 5.26. The minimum absolute atomic E-state index is 0.309. The highest BCUT2D eigenvalue weighted by molar-refractivity contribution is 6.62. The van der Waals surface area contributed by atoms with Crippen LogP contribution >= 0.6 is 0 Å². The lowest BCUT2D eigenvalue weighted by atomic mass is 9.78. The fourth-order valence-corrected chi connectivity index (χ4v) is 2.72. The highest BCUT2D eigenvalue weighted by atomic mass is 19.1. The van der Waals surface area contributed by atoms with E-state index < -0.39 is 30.2 Å². The minimum atomic E-state index is -0.782. The van der Waals surface area contributed by atoms with Gasteiger partial charge in [0.1, 0.15) is 5.82 Å². The van der Waals surface area contributed by atoms with Crippen molar-refractivity contribution in [3.63, 3.8) is 0 Å². The second-order valence-corrected chi connectivity index (χ2v) is 7.62. The largest absolute Gasteiger partial charge is 0.497 e. The van der Waals surface area contributed by atoms with E-state index in [1.165, 1.54) is 6.07 Å². The van der Waals surface area contributed by atoms with Gasteiger partial charge < -0.3 is 19.9 Å². The highest BCUT2D eigenvalue weighted by Crippen LogP contribution is 2.36. The van der Waals surface area contributed by atoms with Crippen LogP contribution in [0.3, 0.4) is 0 Å². The molecule has 0 atom stereocenters. The van der Waals surface area contributed by atoms with Gasteiger partial charge in [0, 0.05) is 17.7 Å². The molecule has 1 heterocycles. The Labute approximate surface area is 159 Å². The van der Waals surface area contributed by atoms with E-state index in [0.29, 0.717) is 17.7 Å². The Morgan fingerprint density at radius 1 is 1.04 bits per heavy atom. The number of halogens is 1. The van der Waals surface area contributed by atoms with E-state index in [4.69, 9.17) is 9.31 Å². The third kappa shape index (κ3) is 4.31.